The lowest BCUT2D eigenvalue weighted by atomic mass is 9.84. The van der Waals surface area contributed by atoms with E-state index in [1.807, 2.05) is 12.1 Å². The first kappa shape index (κ1) is 30.3. The lowest BCUT2D eigenvalue weighted by molar-refractivity contribution is 0.879. The van der Waals surface area contributed by atoms with Crippen LogP contribution in [0.2, 0.25) is 0 Å². The number of benzene rings is 8. The van der Waals surface area contributed by atoms with Crippen molar-refractivity contribution in [1.29, 1.82) is 0 Å². The van der Waals surface area contributed by atoms with Gasteiger partial charge in [-0.15, -0.1) is 10.2 Å². The normalized spacial score (nSPS) is 12.0. The fourth-order valence-corrected chi connectivity index (χ4v) is 8.29. The molecule has 0 atom stereocenters. The van der Waals surface area contributed by atoms with E-state index in [0.717, 1.165) is 110 Å². The van der Waals surface area contributed by atoms with Gasteiger partial charge >= 0.3 is 0 Å². The summed E-state index contributed by atoms with van der Waals surface area (Å²) in [6, 6.07) is 61.4. The number of hydrogen-bond acceptors (Lipinski definition) is 5. The van der Waals surface area contributed by atoms with Gasteiger partial charge in [0.1, 0.15) is 11.4 Å². The van der Waals surface area contributed by atoms with Gasteiger partial charge in [-0.25, -0.2) is 9.98 Å². The number of para-hydroxylation sites is 1. The van der Waals surface area contributed by atoms with Gasteiger partial charge in [-0.3, -0.25) is 0 Å². The van der Waals surface area contributed by atoms with E-state index >= 15 is 0 Å². The Balaban J connectivity index is 1.30. The summed E-state index contributed by atoms with van der Waals surface area (Å²) in [5, 5.41) is 20.9. The number of nitrogens with zero attached hydrogens (tertiary/aromatic N) is 5. The average molecular weight is 688 g/mol. The van der Waals surface area contributed by atoms with E-state index in [1.54, 1.807) is 0 Å². The van der Waals surface area contributed by atoms with Crippen molar-refractivity contribution in [3.63, 3.8) is 0 Å². The van der Waals surface area contributed by atoms with Crippen LogP contribution in [-0.4, -0.2) is 15.4 Å². The number of rotatable bonds is 5. The first-order valence-corrected chi connectivity index (χ1v) is 18.1. The standard InChI is InChI=1S/C49H29N5/c1-3-14-30(15-4-1)34-21-9-10-23-38(34)48-44(37-24-13-19-31-18-7-8-20-33(31)37)49(53-54-52-48)43-35(32-16-5-2-6-17-32)26-28-41-45(43)46-42(50-41)29-27-39-36-22-11-12-25-40(36)51-47(39)46/h1-29H. The smallest absolute Gasteiger partial charge is 0.106 e. The number of hydrogen-bond donors (Lipinski definition) is 0. The molecule has 0 spiro atoms. The Labute approximate surface area is 310 Å². The van der Waals surface area contributed by atoms with E-state index in [9.17, 15) is 0 Å². The molecule has 0 N–H and O–H groups in total. The topological polar surface area (TPSA) is 63.4 Å². The van der Waals surface area contributed by atoms with Crippen LogP contribution >= 0.6 is 0 Å². The molecule has 5 heteroatoms. The second-order valence-electron chi connectivity index (χ2n) is 13.6. The number of fused-ring (bicyclic) bond motifs is 7. The summed E-state index contributed by atoms with van der Waals surface area (Å²) < 4.78 is 0. The van der Waals surface area contributed by atoms with E-state index in [0.29, 0.717) is 0 Å². The Morgan fingerprint density at radius 3 is 1.85 bits per heavy atom. The van der Waals surface area contributed by atoms with Crippen molar-refractivity contribution in [3.05, 3.63) is 197 Å². The Bertz CT molecular complexity index is 3210. The molecule has 0 fully saturated rings. The van der Waals surface area contributed by atoms with Gasteiger partial charge in [0.25, 0.3) is 0 Å². The van der Waals surface area contributed by atoms with Gasteiger partial charge in [0.15, 0.2) is 0 Å². The molecule has 250 valence electrons. The minimum absolute atomic E-state index is 0.742. The molecular formula is C49H29N5. The van der Waals surface area contributed by atoms with Crippen LogP contribution in [0.3, 0.4) is 0 Å². The quantitative estimate of drug-likeness (QED) is 0.181. The van der Waals surface area contributed by atoms with Gasteiger partial charge in [-0.2, -0.15) is 0 Å². The van der Waals surface area contributed by atoms with Gasteiger partial charge in [0.2, 0.25) is 0 Å². The van der Waals surface area contributed by atoms with Gasteiger partial charge in [-0.05, 0) is 68.1 Å². The van der Waals surface area contributed by atoms with Gasteiger partial charge in [0, 0.05) is 38.3 Å². The van der Waals surface area contributed by atoms with Crippen LogP contribution in [-0.2, 0) is 0 Å². The zero-order chi connectivity index (χ0) is 35.6. The highest BCUT2D eigenvalue weighted by Gasteiger charge is 2.31. The fraction of sp³-hybridized carbons (Fsp3) is 0. The van der Waals surface area contributed by atoms with Crippen molar-refractivity contribution in [2.24, 2.45) is 9.98 Å². The van der Waals surface area contributed by atoms with Crippen LogP contribution in [0.1, 0.15) is 0 Å². The minimum atomic E-state index is 0.742. The van der Waals surface area contributed by atoms with Crippen LogP contribution < -0.4 is 10.7 Å². The molecule has 2 aliphatic heterocycles. The van der Waals surface area contributed by atoms with E-state index in [-0.39, 0.29) is 0 Å². The molecule has 1 aromatic heterocycles. The van der Waals surface area contributed by atoms with Crippen molar-refractivity contribution in [1.82, 2.24) is 15.4 Å². The fourth-order valence-electron chi connectivity index (χ4n) is 8.29. The van der Waals surface area contributed by atoms with Gasteiger partial charge < -0.3 is 0 Å². The molecule has 0 amide bonds. The highest BCUT2D eigenvalue weighted by atomic mass is 15.3. The predicted octanol–water partition coefficient (Wildman–Crippen LogP) is 10.8. The van der Waals surface area contributed by atoms with Crippen molar-refractivity contribution < 1.29 is 0 Å². The molecule has 8 aromatic carbocycles. The maximum absolute atomic E-state index is 5.25. The summed E-state index contributed by atoms with van der Waals surface area (Å²) in [5.74, 6) is 0. The summed E-state index contributed by atoms with van der Waals surface area (Å²) in [6.45, 7) is 0. The van der Waals surface area contributed by atoms with Crippen LogP contribution in [0.15, 0.2) is 186 Å². The Morgan fingerprint density at radius 1 is 0.333 bits per heavy atom. The summed E-state index contributed by atoms with van der Waals surface area (Å²) in [6.07, 6.45) is 0. The maximum atomic E-state index is 5.25. The molecule has 0 aliphatic carbocycles. The third-order valence-corrected chi connectivity index (χ3v) is 10.7. The lowest BCUT2D eigenvalue weighted by Gasteiger charge is -2.21. The summed E-state index contributed by atoms with van der Waals surface area (Å²) in [4.78, 5) is 10.5. The van der Waals surface area contributed by atoms with Crippen LogP contribution in [0.4, 0.5) is 11.4 Å². The van der Waals surface area contributed by atoms with Crippen molar-refractivity contribution in [2.45, 2.75) is 0 Å². The second kappa shape index (κ2) is 12.1. The van der Waals surface area contributed by atoms with Crippen molar-refractivity contribution >= 4 is 22.1 Å². The lowest BCUT2D eigenvalue weighted by Crippen LogP contribution is -2.05. The van der Waals surface area contributed by atoms with E-state index in [1.165, 1.54) is 0 Å². The number of aromatic nitrogens is 3. The van der Waals surface area contributed by atoms with Crippen LogP contribution in [0, 0.1) is 10.4 Å². The zero-order valence-electron chi connectivity index (χ0n) is 29.0. The van der Waals surface area contributed by atoms with Gasteiger partial charge in [0.05, 0.1) is 22.1 Å². The van der Waals surface area contributed by atoms with E-state index in [4.69, 9.17) is 20.2 Å². The molecule has 0 bridgehead atoms. The molecule has 2 aliphatic rings. The second-order valence-corrected chi connectivity index (χ2v) is 13.6. The SMILES string of the molecule is c1ccc(-c2ccccc2-c2nnnc(-c3c(-c4ccccc4)ccc4c3-c3c5c(ccc3=N4)=c3ccccc3=N5)c2-c2cccc3ccccc23)cc1. The Morgan fingerprint density at radius 2 is 1.00 bits per heavy atom. The molecule has 9 aromatic rings. The van der Waals surface area contributed by atoms with Crippen LogP contribution in [0.25, 0.3) is 77.8 Å². The Hall–Kier alpha value is -7.37. The molecule has 0 unspecified atom stereocenters. The predicted molar refractivity (Wildman–Crippen MR) is 216 cm³/mol. The molecule has 0 saturated heterocycles. The molecule has 0 radical (unpaired) electrons. The summed E-state index contributed by atoms with van der Waals surface area (Å²) >= 11 is 0. The third kappa shape index (κ3) is 4.62. The highest BCUT2D eigenvalue weighted by molar-refractivity contribution is 6.10. The maximum Gasteiger partial charge on any atom is 0.106 e. The van der Waals surface area contributed by atoms with Crippen molar-refractivity contribution in [3.8, 4) is 67.0 Å². The molecule has 3 heterocycles. The zero-order valence-corrected chi connectivity index (χ0v) is 29.0. The first-order chi connectivity index (χ1) is 26.8. The molecular weight excluding hydrogens is 659 g/mol. The first-order valence-electron chi connectivity index (χ1n) is 18.1. The molecule has 54 heavy (non-hydrogen) atoms. The molecule has 11 rings (SSSR count). The Kier molecular flexibility index (Phi) is 6.79. The highest BCUT2D eigenvalue weighted by Crippen LogP contribution is 2.52. The van der Waals surface area contributed by atoms with E-state index in [2.05, 4.69) is 169 Å². The largest absolute Gasteiger partial charge is 0.248 e. The molecule has 0 saturated carbocycles. The average Bonchev–Trinajstić information content (AvgIpc) is 3.82. The van der Waals surface area contributed by atoms with Gasteiger partial charge in [-0.1, -0.05) is 152 Å². The minimum Gasteiger partial charge on any atom is -0.248 e. The molecule has 5 nitrogen and oxygen atoms in total. The summed E-state index contributed by atoms with van der Waals surface area (Å²) in [5.41, 5.74) is 13.5. The monoisotopic (exact) mass is 687 g/mol. The third-order valence-electron chi connectivity index (χ3n) is 10.7. The van der Waals surface area contributed by atoms with Crippen LogP contribution in [0.5, 0.6) is 0 Å². The van der Waals surface area contributed by atoms with E-state index < -0.39 is 0 Å². The van der Waals surface area contributed by atoms with Crippen molar-refractivity contribution in [2.75, 3.05) is 0 Å². The summed E-state index contributed by atoms with van der Waals surface area (Å²) in [7, 11) is 0.